The number of aliphatic hydroxyl groups is 1. The summed E-state index contributed by atoms with van der Waals surface area (Å²) < 4.78 is 4.86. The van der Waals surface area contributed by atoms with Crippen LogP contribution < -0.4 is 0 Å². The van der Waals surface area contributed by atoms with Crippen molar-refractivity contribution in [2.45, 2.75) is 25.9 Å². The minimum atomic E-state index is -1.61. The molecule has 1 aromatic rings. The first-order valence-corrected chi connectivity index (χ1v) is 5.58. The summed E-state index contributed by atoms with van der Waals surface area (Å²) in [5, 5.41) is 10.8. The van der Waals surface area contributed by atoms with Crippen LogP contribution in [-0.4, -0.2) is 17.7 Å². The molecule has 0 aromatic heterocycles. The van der Waals surface area contributed by atoms with Crippen LogP contribution in [0, 0.1) is 0 Å². The molecule has 1 atom stereocenters. The number of esters is 1. The summed E-state index contributed by atoms with van der Waals surface area (Å²) in [6, 6.07) is 6.61. The van der Waals surface area contributed by atoms with Gasteiger partial charge in [0.05, 0.1) is 6.61 Å². The number of halogens is 1. The van der Waals surface area contributed by atoms with E-state index in [1.54, 1.807) is 38.1 Å². The van der Waals surface area contributed by atoms with Gasteiger partial charge in [-0.2, -0.15) is 0 Å². The molecule has 1 rings (SSSR count). The first kappa shape index (κ1) is 13.0. The molecule has 0 saturated carbocycles. The van der Waals surface area contributed by atoms with Crippen molar-refractivity contribution in [2.24, 2.45) is 0 Å². The van der Waals surface area contributed by atoms with Crippen molar-refractivity contribution in [1.82, 2.24) is 0 Å². The second-order valence-electron chi connectivity index (χ2n) is 3.44. The molecule has 0 aliphatic carbocycles. The lowest BCUT2D eigenvalue weighted by molar-refractivity contribution is -0.166. The Morgan fingerprint density at radius 3 is 2.69 bits per heavy atom. The molecule has 0 aliphatic rings. The number of ether oxygens (including phenoxy) is 1. The number of rotatable bonds is 4. The summed E-state index contributed by atoms with van der Waals surface area (Å²) in [5.41, 5.74) is -1.15. The van der Waals surface area contributed by atoms with Crippen molar-refractivity contribution in [3.05, 3.63) is 34.9 Å². The quantitative estimate of drug-likeness (QED) is 0.826. The lowest BCUT2D eigenvalue weighted by Gasteiger charge is -2.24. The predicted molar refractivity (Wildman–Crippen MR) is 62.3 cm³/mol. The summed E-state index contributed by atoms with van der Waals surface area (Å²) in [5.74, 6) is -0.639. The Bertz CT molecular complexity index is 378. The molecule has 0 radical (unpaired) electrons. The molecular weight excluding hydrogens is 228 g/mol. The molecule has 0 aliphatic heterocycles. The number of benzene rings is 1. The molecule has 3 nitrogen and oxygen atoms in total. The minimum absolute atomic E-state index is 0.238. The maximum Gasteiger partial charge on any atom is 0.342 e. The van der Waals surface area contributed by atoms with E-state index in [0.717, 1.165) is 0 Å². The minimum Gasteiger partial charge on any atom is -0.464 e. The number of carbonyl (C=O) groups excluding carboxylic acids is 1. The Kier molecular flexibility index (Phi) is 4.33. The van der Waals surface area contributed by atoms with Gasteiger partial charge in [-0.1, -0.05) is 30.7 Å². The fourth-order valence-electron chi connectivity index (χ4n) is 1.46. The zero-order valence-corrected chi connectivity index (χ0v) is 10.1. The van der Waals surface area contributed by atoms with Crippen LogP contribution in [0.5, 0.6) is 0 Å². The average Bonchev–Trinajstić information content (AvgIpc) is 2.28. The zero-order valence-electron chi connectivity index (χ0n) is 9.37. The highest BCUT2D eigenvalue weighted by atomic mass is 35.5. The average molecular weight is 243 g/mol. The lowest BCUT2D eigenvalue weighted by Crippen LogP contribution is -2.36. The molecule has 4 heteroatoms. The number of hydrogen-bond acceptors (Lipinski definition) is 3. The summed E-state index contributed by atoms with van der Waals surface area (Å²) in [7, 11) is 0. The van der Waals surface area contributed by atoms with Crippen LogP contribution in [0.15, 0.2) is 24.3 Å². The molecule has 0 spiro atoms. The molecule has 88 valence electrons. The predicted octanol–water partition coefficient (Wildman–Crippen LogP) is 2.50. The van der Waals surface area contributed by atoms with Crippen LogP contribution in [0.3, 0.4) is 0 Å². The normalized spacial score (nSPS) is 14.2. The second kappa shape index (κ2) is 5.32. The van der Waals surface area contributed by atoms with Crippen molar-refractivity contribution >= 4 is 17.6 Å². The summed E-state index contributed by atoms with van der Waals surface area (Å²) in [6.45, 7) is 3.66. The van der Waals surface area contributed by atoms with Crippen LogP contribution in [0.4, 0.5) is 0 Å². The van der Waals surface area contributed by atoms with E-state index in [2.05, 4.69) is 0 Å². The van der Waals surface area contributed by atoms with Gasteiger partial charge in [0.2, 0.25) is 0 Å². The molecule has 0 fully saturated rings. The highest BCUT2D eigenvalue weighted by molar-refractivity contribution is 6.30. The van der Waals surface area contributed by atoms with Crippen LogP contribution >= 0.6 is 11.6 Å². The van der Waals surface area contributed by atoms with E-state index < -0.39 is 11.6 Å². The fourth-order valence-corrected chi connectivity index (χ4v) is 1.65. The van der Waals surface area contributed by atoms with Crippen molar-refractivity contribution in [2.75, 3.05) is 6.61 Å². The van der Waals surface area contributed by atoms with E-state index in [-0.39, 0.29) is 13.0 Å². The van der Waals surface area contributed by atoms with E-state index in [1.807, 2.05) is 0 Å². The van der Waals surface area contributed by atoms with E-state index in [1.165, 1.54) is 0 Å². The van der Waals surface area contributed by atoms with Gasteiger partial charge in [0.15, 0.2) is 5.60 Å². The van der Waals surface area contributed by atoms with Gasteiger partial charge in [0.25, 0.3) is 0 Å². The summed E-state index contributed by atoms with van der Waals surface area (Å²) in [4.78, 5) is 11.7. The van der Waals surface area contributed by atoms with Crippen molar-refractivity contribution < 1.29 is 14.6 Å². The second-order valence-corrected chi connectivity index (χ2v) is 3.88. The Hall–Kier alpha value is -1.06. The van der Waals surface area contributed by atoms with E-state index in [9.17, 15) is 9.90 Å². The summed E-state index contributed by atoms with van der Waals surface area (Å²) >= 11 is 5.83. The molecule has 16 heavy (non-hydrogen) atoms. The van der Waals surface area contributed by atoms with Crippen LogP contribution in [0.1, 0.15) is 25.8 Å². The highest BCUT2D eigenvalue weighted by Crippen LogP contribution is 2.28. The van der Waals surface area contributed by atoms with Crippen LogP contribution in [0.2, 0.25) is 5.02 Å². The monoisotopic (exact) mass is 242 g/mol. The van der Waals surface area contributed by atoms with Gasteiger partial charge in [0, 0.05) is 5.02 Å². The van der Waals surface area contributed by atoms with Gasteiger partial charge >= 0.3 is 5.97 Å². The topological polar surface area (TPSA) is 46.5 Å². The van der Waals surface area contributed by atoms with Crippen LogP contribution in [-0.2, 0) is 15.1 Å². The zero-order chi connectivity index (χ0) is 12.2. The Labute approximate surface area is 100.0 Å². The third kappa shape index (κ3) is 2.54. The largest absolute Gasteiger partial charge is 0.464 e. The molecule has 1 unspecified atom stereocenters. The SMILES string of the molecule is CCOC(=O)C(O)(CC)c1cccc(Cl)c1. The third-order valence-electron chi connectivity index (χ3n) is 2.43. The standard InChI is InChI=1S/C12H15ClO3/c1-3-12(15,11(14)16-4-2)9-6-5-7-10(13)8-9/h5-8,15H,3-4H2,1-2H3. The molecular formula is C12H15ClO3. The van der Waals surface area contributed by atoms with Crippen LogP contribution in [0.25, 0.3) is 0 Å². The Morgan fingerprint density at radius 1 is 1.50 bits per heavy atom. The third-order valence-corrected chi connectivity index (χ3v) is 2.66. The maximum atomic E-state index is 11.7. The van der Waals surface area contributed by atoms with Gasteiger partial charge < -0.3 is 9.84 Å². The first-order valence-electron chi connectivity index (χ1n) is 5.20. The van der Waals surface area contributed by atoms with Gasteiger partial charge in [0.1, 0.15) is 0 Å². The van der Waals surface area contributed by atoms with Gasteiger partial charge in [-0.3, -0.25) is 0 Å². The van der Waals surface area contributed by atoms with Crippen molar-refractivity contribution in [3.8, 4) is 0 Å². The van der Waals surface area contributed by atoms with Crippen molar-refractivity contribution in [1.29, 1.82) is 0 Å². The molecule has 0 bridgehead atoms. The highest BCUT2D eigenvalue weighted by Gasteiger charge is 2.37. The molecule has 0 heterocycles. The molecule has 0 saturated heterocycles. The van der Waals surface area contributed by atoms with E-state index >= 15 is 0 Å². The molecule has 0 amide bonds. The molecule has 1 N–H and O–H groups in total. The maximum absolute atomic E-state index is 11.7. The van der Waals surface area contributed by atoms with E-state index in [4.69, 9.17) is 16.3 Å². The number of hydrogen-bond donors (Lipinski definition) is 1. The number of carbonyl (C=O) groups is 1. The smallest absolute Gasteiger partial charge is 0.342 e. The Morgan fingerprint density at radius 2 is 2.19 bits per heavy atom. The molecule has 1 aromatic carbocycles. The van der Waals surface area contributed by atoms with Gasteiger partial charge in [-0.05, 0) is 31.0 Å². The van der Waals surface area contributed by atoms with E-state index in [0.29, 0.717) is 10.6 Å². The first-order chi connectivity index (χ1) is 7.54. The Balaban J connectivity index is 3.09. The summed E-state index contributed by atoms with van der Waals surface area (Å²) in [6.07, 6.45) is 0.242. The van der Waals surface area contributed by atoms with Crippen molar-refractivity contribution in [3.63, 3.8) is 0 Å². The van der Waals surface area contributed by atoms with Gasteiger partial charge in [-0.15, -0.1) is 0 Å². The fraction of sp³-hybridized carbons (Fsp3) is 0.417. The lowest BCUT2D eigenvalue weighted by atomic mass is 9.91. The van der Waals surface area contributed by atoms with Gasteiger partial charge in [-0.25, -0.2) is 4.79 Å².